The van der Waals surface area contributed by atoms with Gasteiger partial charge in [-0.2, -0.15) is 0 Å². The van der Waals surface area contributed by atoms with Crippen molar-refractivity contribution in [2.75, 3.05) is 11.4 Å². The molecule has 1 aliphatic heterocycles. The van der Waals surface area contributed by atoms with Crippen LogP contribution >= 0.6 is 11.6 Å². The third-order valence-corrected chi connectivity index (χ3v) is 3.55. The summed E-state index contributed by atoms with van der Waals surface area (Å²) in [5.74, 6) is -0.219. The van der Waals surface area contributed by atoms with Gasteiger partial charge in [-0.05, 0) is 31.0 Å². The largest absolute Gasteiger partial charge is 0.343 e. The van der Waals surface area contributed by atoms with Gasteiger partial charge in [0, 0.05) is 10.7 Å². The Morgan fingerprint density at radius 3 is 2.83 bits per heavy atom. The number of halogens is 1. The Bertz CT molecular complexity index is 502. The summed E-state index contributed by atoms with van der Waals surface area (Å²) in [6.45, 7) is 3.77. The summed E-state index contributed by atoms with van der Waals surface area (Å²) in [4.78, 5) is 25.4. The Hall–Kier alpha value is -1.55. The number of carbonyl (C=O) groups excluding carboxylic acids is 2. The van der Waals surface area contributed by atoms with E-state index in [9.17, 15) is 9.59 Å². The molecule has 0 aromatic heterocycles. The Kier molecular flexibility index (Phi) is 3.57. The van der Waals surface area contributed by atoms with Gasteiger partial charge < -0.3 is 10.2 Å². The summed E-state index contributed by atoms with van der Waals surface area (Å²) in [6, 6.07) is 4.92. The van der Waals surface area contributed by atoms with Gasteiger partial charge in [-0.1, -0.05) is 24.6 Å². The number of carbonyl (C=O) groups is 2. The monoisotopic (exact) mass is 266 g/mol. The highest BCUT2D eigenvalue weighted by Crippen LogP contribution is 2.28. The van der Waals surface area contributed by atoms with Crippen LogP contribution in [0, 0.1) is 6.92 Å². The van der Waals surface area contributed by atoms with Gasteiger partial charge in [0.2, 0.25) is 11.8 Å². The van der Waals surface area contributed by atoms with Crippen LogP contribution in [0.4, 0.5) is 5.69 Å². The van der Waals surface area contributed by atoms with Gasteiger partial charge in [0.1, 0.15) is 12.6 Å². The number of benzene rings is 1. The Balaban J connectivity index is 2.39. The SMILES string of the molecule is CCC1NC(=O)CN(c2cccc(Cl)c2C)C1=O. The molecular formula is C13H15ClN2O2. The highest BCUT2D eigenvalue weighted by molar-refractivity contribution is 6.31. The van der Waals surface area contributed by atoms with Crippen LogP contribution < -0.4 is 10.2 Å². The van der Waals surface area contributed by atoms with Crippen molar-refractivity contribution in [1.82, 2.24) is 5.32 Å². The maximum atomic E-state index is 12.2. The third kappa shape index (κ3) is 2.20. The molecular weight excluding hydrogens is 252 g/mol. The van der Waals surface area contributed by atoms with Crippen molar-refractivity contribution in [3.8, 4) is 0 Å². The summed E-state index contributed by atoms with van der Waals surface area (Å²) in [5.41, 5.74) is 1.53. The van der Waals surface area contributed by atoms with E-state index >= 15 is 0 Å². The molecule has 1 aromatic rings. The normalized spacial score (nSPS) is 19.9. The smallest absolute Gasteiger partial charge is 0.250 e. The lowest BCUT2D eigenvalue weighted by molar-refractivity contribution is -0.131. The number of amides is 2. The van der Waals surface area contributed by atoms with E-state index in [1.807, 2.05) is 19.9 Å². The molecule has 0 bridgehead atoms. The van der Waals surface area contributed by atoms with E-state index in [1.165, 1.54) is 4.90 Å². The maximum absolute atomic E-state index is 12.2. The molecule has 1 atom stereocenters. The van der Waals surface area contributed by atoms with Crippen molar-refractivity contribution in [2.24, 2.45) is 0 Å². The minimum Gasteiger partial charge on any atom is -0.343 e. The van der Waals surface area contributed by atoms with E-state index in [2.05, 4.69) is 5.32 Å². The molecule has 1 saturated heterocycles. The van der Waals surface area contributed by atoms with Crippen LogP contribution in [-0.2, 0) is 9.59 Å². The second-order valence-corrected chi connectivity index (χ2v) is 4.74. The van der Waals surface area contributed by atoms with Crippen LogP contribution in [-0.4, -0.2) is 24.4 Å². The molecule has 2 rings (SSSR count). The van der Waals surface area contributed by atoms with Gasteiger partial charge in [0.25, 0.3) is 0 Å². The van der Waals surface area contributed by atoms with Gasteiger partial charge in [0.15, 0.2) is 0 Å². The van der Waals surface area contributed by atoms with Crippen LogP contribution in [0.15, 0.2) is 18.2 Å². The van der Waals surface area contributed by atoms with E-state index in [4.69, 9.17) is 11.6 Å². The Labute approximate surface area is 111 Å². The van der Waals surface area contributed by atoms with Crippen molar-refractivity contribution in [1.29, 1.82) is 0 Å². The van der Waals surface area contributed by atoms with E-state index in [-0.39, 0.29) is 18.4 Å². The Morgan fingerprint density at radius 2 is 2.17 bits per heavy atom. The Morgan fingerprint density at radius 1 is 1.44 bits per heavy atom. The van der Waals surface area contributed by atoms with Crippen molar-refractivity contribution < 1.29 is 9.59 Å². The van der Waals surface area contributed by atoms with E-state index in [1.54, 1.807) is 12.1 Å². The first-order valence-corrected chi connectivity index (χ1v) is 6.28. The zero-order chi connectivity index (χ0) is 13.3. The minimum atomic E-state index is -0.440. The summed E-state index contributed by atoms with van der Waals surface area (Å²) in [5, 5.41) is 3.28. The molecule has 4 nitrogen and oxygen atoms in total. The number of anilines is 1. The molecule has 1 N–H and O–H groups in total. The van der Waals surface area contributed by atoms with Crippen LogP contribution in [0.2, 0.25) is 5.02 Å². The second-order valence-electron chi connectivity index (χ2n) is 4.34. The summed E-state index contributed by atoms with van der Waals surface area (Å²) < 4.78 is 0. The van der Waals surface area contributed by atoms with Crippen LogP contribution in [0.3, 0.4) is 0 Å². The molecule has 1 unspecified atom stereocenters. The standard InChI is InChI=1S/C13H15ClN2O2/c1-3-10-13(18)16(7-12(17)15-10)11-6-4-5-9(14)8(11)2/h4-6,10H,3,7H2,1-2H3,(H,15,17). The molecule has 5 heteroatoms. The first-order chi connectivity index (χ1) is 8.54. The summed E-state index contributed by atoms with van der Waals surface area (Å²) in [6.07, 6.45) is 0.584. The molecule has 0 saturated carbocycles. The van der Waals surface area contributed by atoms with Gasteiger partial charge in [0.05, 0.1) is 0 Å². The molecule has 0 radical (unpaired) electrons. The predicted molar refractivity (Wildman–Crippen MR) is 70.8 cm³/mol. The number of nitrogens with zero attached hydrogens (tertiary/aromatic N) is 1. The number of hydrogen-bond acceptors (Lipinski definition) is 2. The number of nitrogens with one attached hydrogen (secondary N) is 1. The molecule has 1 aromatic carbocycles. The average Bonchev–Trinajstić information content (AvgIpc) is 2.35. The van der Waals surface area contributed by atoms with Crippen molar-refractivity contribution in [3.63, 3.8) is 0 Å². The molecule has 2 amide bonds. The van der Waals surface area contributed by atoms with E-state index in [0.717, 1.165) is 5.56 Å². The first kappa shape index (κ1) is 12.9. The quantitative estimate of drug-likeness (QED) is 0.889. The fourth-order valence-corrected chi connectivity index (χ4v) is 2.25. The number of hydrogen-bond donors (Lipinski definition) is 1. The number of rotatable bonds is 2. The number of piperazine rings is 1. The molecule has 1 aliphatic rings. The van der Waals surface area contributed by atoms with Gasteiger partial charge in [-0.15, -0.1) is 0 Å². The van der Waals surface area contributed by atoms with Gasteiger partial charge in [-0.25, -0.2) is 0 Å². The lowest BCUT2D eigenvalue weighted by atomic mass is 10.1. The highest BCUT2D eigenvalue weighted by atomic mass is 35.5. The fraction of sp³-hybridized carbons (Fsp3) is 0.385. The first-order valence-electron chi connectivity index (χ1n) is 5.90. The van der Waals surface area contributed by atoms with Gasteiger partial charge >= 0.3 is 0 Å². The molecule has 0 spiro atoms. The minimum absolute atomic E-state index is 0.0521. The summed E-state index contributed by atoms with van der Waals surface area (Å²) in [7, 11) is 0. The highest BCUT2D eigenvalue weighted by Gasteiger charge is 2.33. The fourth-order valence-electron chi connectivity index (χ4n) is 2.08. The van der Waals surface area contributed by atoms with Crippen LogP contribution in [0.1, 0.15) is 18.9 Å². The van der Waals surface area contributed by atoms with E-state index < -0.39 is 6.04 Å². The molecule has 1 fully saturated rings. The van der Waals surface area contributed by atoms with Crippen molar-refractivity contribution in [3.05, 3.63) is 28.8 Å². The van der Waals surface area contributed by atoms with Crippen molar-refractivity contribution >= 4 is 29.1 Å². The van der Waals surface area contributed by atoms with Crippen LogP contribution in [0.25, 0.3) is 0 Å². The lowest BCUT2D eigenvalue weighted by Gasteiger charge is -2.33. The van der Waals surface area contributed by atoms with E-state index in [0.29, 0.717) is 17.1 Å². The summed E-state index contributed by atoms with van der Waals surface area (Å²) >= 11 is 6.05. The molecule has 1 heterocycles. The molecule has 18 heavy (non-hydrogen) atoms. The zero-order valence-electron chi connectivity index (χ0n) is 10.4. The second kappa shape index (κ2) is 4.98. The van der Waals surface area contributed by atoms with Crippen molar-refractivity contribution in [2.45, 2.75) is 26.3 Å². The van der Waals surface area contributed by atoms with Gasteiger partial charge in [-0.3, -0.25) is 9.59 Å². The van der Waals surface area contributed by atoms with Crippen LogP contribution in [0.5, 0.6) is 0 Å². The predicted octanol–water partition coefficient (Wildman–Crippen LogP) is 1.89. The topological polar surface area (TPSA) is 49.4 Å². The maximum Gasteiger partial charge on any atom is 0.250 e. The lowest BCUT2D eigenvalue weighted by Crippen LogP contribution is -2.58. The molecule has 96 valence electrons. The molecule has 0 aliphatic carbocycles. The average molecular weight is 267 g/mol. The third-order valence-electron chi connectivity index (χ3n) is 3.14. The zero-order valence-corrected chi connectivity index (χ0v) is 11.1.